The molecule has 2 nitrogen and oxygen atoms in total. The van der Waals surface area contributed by atoms with Crippen molar-refractivity contribution in [2.45, 2.75) is 36.4 Å². The second-order valence-corrected chi connectivity index (χ2v) is 5.90. The van der Waals surface area contributed by atoms with E-state index in [4.69, 9.17) is 0 Å². The normalized spacial score (nSPS) is 15.7. The summed E-state index contributed by atoms with van der Waals surface area (Å²) in [6.45, 7) is 3.43. The molecule has 1 rings (SSSR count). The van der Waals surface area contributed by atoms with Crippen molar-refractivity contribution < 1.29 is 31.8 Å². The van der Waals surface area contributed by atoms with Gasteiger partial charge in [-0.1, -0.05) is 17.7 Å². The first-order valence-corrected chi connectivity index (χ1v) is 7.68. The summed E-state index contributed by atoms with van der Waals surface area (Å²) in [6, 6.07) is 6.55. The van der Waals surface area contributed by atoms with Crippen molar-refractivity contribution in [3.05, 3.63) is 42.2 Å². The van der Waals surface area contributed by atoms with Gasteiger partial charge >= 0.3 is 12.1 Å². The number of hydrogen-bond donors (Lipinski definition) is 1. The SMILES string of the molecule is CCO/C=C/[C@@](O)(CSc1ccc(C)cc1)C(F)(F)C(F)(F)F. The van der Waals surface area contributed by atoms with Gasteiger partial charge in [-0.3, -0.25) is 0 Å². The standard InChI is InChI=1S/C15H17F5O2S/c1-3-22-9-8-13(21,14(16,17)15(18,19)20)10-23-12-6-4-11(2)5-7-12/h4-9,21H,3,10H2,1-2H3/b9-8+/t13-/m1/s1. The van der Waals surface area contributed by atoms with Crippen molar-refractivity contribution in [1.82, 2.24) is 0 Å². The highest BCUT2D eigenvalue weighted by molar-refractivity contribution is 7.99. The fraction of sp³-hybridized carbons (Fsp3) is 0.467. The van der Waals surface area contributed by atoms with E-state index in [0.29, 0.717) is 29.0 Å². The van der Waals surface area contributed by atoms with E-state index in [-0.39, 0.29) is 6.61 Å². The first-order valence-electron chi connectivity index (χ1n) is 6.69. The van der Waals surface area contributed by atoms with Crippen molar-refractivity contribution in [2.75, 3.05) is 12.4 Å². The lowest BCUT2D eigenvalue weighted by Gasteiger charge is -2.34. The molecule has 0 bridgehead atoms. The average molecular weight is 356 g/mol. The minimum absolute atomic E-state index is 0.0786. The molecule has 0 saturated carbocycles. The maximum atomic E-state index is 13.7. The van der Waals surface area contributed by atoms with Gasteiger partial charge in [-0.05, 0) is 32.1 Å². The third-order valence-corrected chi connectivity index (χ3v) is 4.18. The summed E-state index contributed by atoms with van der Waals surface area (Å²) in [6.07, 6.45) is -4.87. The van der Waals surface area contributed by atoms with Crippen LogP contribution >= 0.6 is 11.8 Å². The molecular formula is C15H17F5O2S. The summed E-state index contributed by atoms with van der Waals surface area (Å²) < 4.78 is 69.9. The second kappa shape index (κ2) is 7.53. The molecule has 8 heteroatoms. The van der Waals surface area contributed by atoms with Gasteiger partial charge in [-0.2, -0.15) is 22.0 Å². The highest BCUT2D eigenvalue weighted by atomic mass is 32.2. The zero-order valence-corrected chi connectivity index (χ0v) is 13.3. The highest BCUT2D eigenvalue weighted by Gasteiger charge is 2.69. The second-order valence-electron chi connectivity index (χ2n) is 4.86. The van der Waals surface area contributed by atoms with Crippen LogP contribution in [0.15, 0.2) is 41.5 Å². The summed E-state index contributed by atoms with van der Waals surface area (Å²) in [5, 5.41) is 9.96. The van der Waals surface area contributed by atoms with Crippen LogP contribution in [0, 0.1) is 6.92 Å². The Balaban J connectivity index is 3.02. The van der Waals surface area contributed by atoms with Gasteiger partial charge in [-0.15, -0.1) is 11.8 Å². The van der Waals surface area contributed by atoms with Gasteiger partial charge < -0.3 is 9.84 Å². The topological polar surface area (TPSA) is 29.5 Å². The van der Waals surface area contributed by atoms with E-state index in [1.165, 1.54) is 6.92 Å². The molecule has 0 saturated heterocycles. The molecule has 1 atom stereocenters. The molecule has 1 N–H and O–H groups in total. The van der Waals surface area contributed by atoms with Gasteiger partial charge in [0.1, 0.15) is 0 Å². The number of halogens is 5. The van der Waals surface area contributed by atoms with Gasteiger partial charge in [0.15, 0.2) is 5.60 Å². The maximum absolute atomic E-state index is 13.7. The number of hydrogen-bond acceptors (Lipinski definition) is 3. The Hall–Kier alpha value is -1.28. The van der Waals surface area contributed by atoms with Crippen molar-refractivity contribution in [2.24, 2.45) is 0 Å². The molecule has 23 heavy (non-hydrogen) atoms. The smallest absolute Gasteiger partial charge is 0.456 e. The van der Waals surface area contributed by atoms with E-state index in [2.05, 4.69) is 4.74 Å². The van der Waals surface area contributed by atoms with Gasteiger partial charge in [0.05, 0.1) is 12.9 Å². The number of aryl methyl sites for hydroxylation is 1. The van der Waals surface area contributed by atoms with Crippen molar-refractivity contribution in [3.8, 4) is 0 Å². The quantitative estimate of drug-likeness (QED) is 0.441. The fourth-order valence-electron chi connectivity index (χ4n) is 1.57. The number of aliphatic hydroxyl groups is 1. The first kappa shape index (κ1) is 19.8. The monoisotopic (exact) mass is 356 g/mol. The zero-order chi connectivity index (χ0) is 17.7. The Morgan fingerprint density at radius 2 is 1.70 bits per heavy atom. The summed E-state index contributed by atoms with van der Waals surface area (Å²) in [5.41, 5.74) is -2.50. The lowest BCUT2D eigenvalue weighted by Crippen LogP contribution is -2.57. The Morgan fingerprint density at radius 1 is 1.13 bits per heavy atom. The summed E-state index contributed by atoms with van der Waals surface area (Å²) in [4.78, 5) is 0.469. The maximum Gasteiger partial charge on any atom is 0.456 e. The van der Waals surface area contributed by atoms with Crippen LogP contribution in [0.25, 0.3) is 0 Å². The molecule has 130 valence electrons. The molecule has 0 radical (unpaired) electrons. The van der Waals surface area contributed by atoms with Gasteiger partial charge in [0.2, 0.25) is 0 Å². The van der Waals surface area contributed by atoms with E-state index in [1.54, 1.807) is 24.3 Å². The number of benzene rings is 1. The van der Waals surface area contributed by atoms with Crippen LogP contribution in [0.1, 0.15) is 12.5 Å². The lowest BCUT2D eigenvalue weighted by atomic mass is 9.97. The number of ether oxygens (including phenoxy) is 1. The molecule has 0 aromatic heterocycles. The van der Waals surface area contributed by atoms with Crippen molar-refractivity contribution in [3.63, 3.8) is 0 Å². The van der Waals surface area contributed by atoms with E-state index in [9.17, 15) is 27.1 Å². The minimum Gasteiger partial charge on any atom is -0.502 e. The van der Waals surface area contributed by atoms with Crippen LogP contribution < -0.4 is 0 Å². The van der Waals surface area contributed by atoms with E-state index >= 15 is 0 Å². The molecular weight excluding hydrogens is 339 g/mol. The molecule has 0 heterocycles. The predicted octanol–water partition coefficient (Wildman–Crippen LogP) is 4.57. The van der Waals surface area contributed by atoms with Crippen LogP contribution in [0.5, 0.6) is 0 Å². The first-order chi connectivity index (χ1) is 10.5. The van der Waals surface area contributed by atoms with Crippen LogP contribution in [-0.2, 0) is 4.74 Å². The molecule has 1 aromatic rings. The number of alkyl halides is 5. The van der Waals surface area contributed by atoms with Crippen molar-refractivity contribution >= 4 is 11.8 Å². The molecule has 0 spiro atoms. The molecule has 0 unspecified atom stereocenters. The van der Waals surface area contributed by atoms with Crippen LogP contribution in [0.4, 0.5) is 22.0 Å². The van der Waals surface area contributed by atoms with Crippen molar-refractivity contribution in [1.29, 1.82) is 0 Å². The van der Waals surface area contributed by atoms with E-state index in [0.717, 1.165) is 5.56 Å². The molecule has 1 aromatic carbocycles. The summed E-state index contributed by atoms with van der Waals surface area (Å²) >= 11 is 0.700. The highest BCUT2D eigenvalue weighted by Crippen LogP contribution is 2.46. The number of rotatable bonds is 7. The van der Waals surface area contributed by atoms with Gasteiger partial charge in [0.25, 0.3) is 0 Å². The minimum atomic E-state index is -5.88. The van der Waals surface area contributed by atoms with E-state index in [1.807, 2.05) is 6.92 Å². The fourth-order valence-corrected chi connectivity index (χ4v) is 2.57. The van der Waals surface area contributed by atoms with Crippen LogP contribution in [-0.4, -0.2) is 35.2 Å². The molecule has 0 aliphatic carbocycles. The Kier molecular flexibility index (Phi) is 6.47. The van der Waals surface area contributed by atoms with Crippen LogP contribution in [0.3, 0.4) is 0 Å². The zero-order valence-electron chi connectivity index (χ0n) is 12.5. The molecule has 0 aliphatic rings. The molecule has 0 amide bonds. The molecule has 0 aliphatic heterocycles. The Bertz CT molecular complexity index is 528. The third kappa shape index (κ3) is 4.84. The largest absolute Gasteiger partial charge is 0.502 e. The Morgan fingerprint density at radius 3 is 2.17 bits per heavy atom. The molecule has 0 fully saturated rings. The summed E-state index contributed by atoms with van der Waals surface area (Å²) in [5.74, 6) is -6.20. The average Bonchev–Trinajstić information content (AvgIpc) is 2.45. The number of thioether (sulfide) groups is 1. The van der Waals surface area contributed by atoms with E-state index < -0.39 is 23.5 Å². The predicted molar refractivity (Wildman–Crippen MR) is 78.6 cm³/mol. The third-order valence-electron chi connectivity index (χ3n) is 2.99. The Labute approximate surface area is 135 Å². The summed E-state index contributed by atoms with van der Waals surface area (Å²) in [7, 11) is 0. The lowest BCUT2D eigenvalue weighted by molar-refractivity contribution is -0.326. The van der Waals surface area contributed by atoms with Gasteiger partial charge in [-0.25, -0.2) is 0 Å². The van der Waals surface area contributed by atoms with Gasteiger partial charge in [0, 0.05) is 10.6 Å². The van der Waals surface area contributed by atoms with Crippen LogP contribution in [0.2, 0.25) is 0 Å².